The molecule has 168 valence electrons. The third kappa shape index (κ3) is 4.24. The van der Waals surface area contributed by atoms with Crippen molar-refractivity contribution in [3.63, 3.8) is 0 Å². The fraction of sp³-hybridized carbons (Fsp3) is 0.222. The Bertz CT molecular complexity index is 1430. The number of carbonyl (C=O) groups excluding carboxylic acids is 1. The minimum atomic E-state index is -3.76. The number of nitrogens with one attached hydrogen (secondary N) is 1. The zero-order valence-electron chi connectivity index (χ0n) is 18.3. The average molecular weight is 459 g/mol. The molecule has 4 aromatic carbocycles. The molecule has 1 unspecified atom stereocenters. The number of fused-ring (bicyclic) bond motifs is 2. The van der Waals surface area contributed by atoms with Gasteiger partial charge in [-0.15, -0.1) is 0 Å². The Hall–Kier alpha value is -3.22. The van der Waals surface area contributed by atoms with E-state index >= 15 is 0 Å². The molecule has 1 fully saturated rings. The number of benzene rings is 4. The lowest BCUT2D eigenvalue weighted by Gasteiger charge is -2.23. The highest BCUT2D eigenvalue weighted by Gasteiger charge is 2.39. The minimum absolute atomic E-state index is 0.225. The van der Waals surface area contributed by atoms with Crippen LogP contribution in [0.1, 0.15) is 18.4 Å². The summed E-state index contributed by atoms with van der Waals surface area (Å²) in [6, 6.07) is 26.5. The van der Waals surface area contributed by atoms with Crippen molar-refractivity contribution in [3.8, 4) is 0 Å². The number of hydrogen-bond acceptors (Lipinski definition) is 3. The topological polar surface area (TPSA) is 66.5 Å². The first-order valence-electron chi connectivity index (χ1n) is 11.3. The molecule has 1 aliphatic rings. The molecule has 6 heteroatoms. The molecular formula is C27H26N2O3S. The van der Waals surface area contributed by atoms with Crippen molar-refractivity contribution in [2.45, 2.75) is 30.2 Å². The SMILES string of the molecule is O=C(NCCc1cccc2ccccc12)C1CCCN1S(=O)(=O)c1ccc2ccccc2c1. The first-order chi connectivity index (χ1) is 16.0. The van der Waals surface area contributed by atoms with E-state index in [0.29, 0.717) is 32.4 Å². The van der Waals surface area contributed by atoms with Gasteiger partial charge in [-0.05, 0) is 58.5 Å². The average Bonchev–Trinajstić information content (AvgIpc) is 3.35. The molecule has 1 heterocycles. The fourth-order valence-electron chi connectivity index (χ4n) is 4.70. The van der Waals surface area contributed by atoms with E-state index in [1.807, 2.05) is 48.5 Å². The summed E-state index contributed by atoms with van der Waals surface area (Å²) in [7, 11) is -3.76. The number of nitrogens with zero attached hydrogens (tertiary/aromatic N) is 1. The second-order valence-corrected chi connectivity index (χ2v) is 10.4. The Balaban J connectivity index is 1.29. The van der Waals surface area contributed by atoms with Crippen LogP contribution in [0.2, 0.25) is 0 Å². The van der Waals surface area contributed by atoms with E-state index in [1.165, 1.54) is 20.6 Å². The molecule has 1 amide bonds. The van der Waals surface area contributed by atoms with Gasteiger partial charge in [0.25, 0.3) is 0 Å². The van der Waals surface area contributed by atoms with E-state index in [2.05, 4.69) is 29.6 Å². The second-order valence-electron chi connectivity index (χ2n) is 8.46. The van der Waals surface area contributed by atoms with Crippen molar-refractivity contribution >= 4 is 37.5 Å². The first kappa shape index (κ1) is 21.6. The summed E-state index contributed by atoms with van der Waals surface area (Å²) in [5.41, 5.74) is 1.17. The summed E-state index contributed by atoms with van der Waals surface area (Å²) in [4.78, 5) is 13.2. The zero-order valence-corrected chi connectivity index (χ0v) is 19.1. The van der Waals surface area contributed by atoms with Crippen LogP contribution < -0.4 is 5.32 Å². The molecule has 5 nitrogen and oxygen atoms in total. The lowest BCUT2D eigenvalue weighted by Crippen LogP contribution is -2.46. The van der Waals surface area contributed by atoms with Crippen LogP contribution in [0.15, 0.2) is 89.8 Å². The van der Waals surface area contributed by atoms with Gasteiger partial charge < -0.3 is 5.32 Å². The highest BCUT2D eigenvalue weighted by Crippen LogP contribution is 2.28. The summed E-state index contributed by atoms with van der Waals surface area (Å²) in [5, 5.41) is 7.18. The molecule has 1 aliphatic heterocycles. The Morgan fingerprint density at radius 2 is 1.61 bits per heavy atom. The molecule has 1 saturated heterocycles. The number of sulfonamides is 1. The molecule has 0 radical (unpaired) electrons. The van der Waals surface area contributed by atoms with E-state index in [9.17, 15) is 13.2 Å². The maximum Gasteiger partial charge on any atom is 0.243 e. The predicted molar refractivity (Wildman–Crippen MR) is 132 cm³/mol. The Labute approximate surface area is 194 Å². The molecule has 0 aromatic heterocycles. The van der Waals surface area contributed by atoms with Crippen LogP contribution in [0.3, 0.4) is 0 Å². The van der Waals surface area contributed by atoms with Gasteiger partial charge in [0.2, 0.25) is 15.9 Å². The molecule has 33 heavy (non-hydrogen) atoms. The van der Waals surface area contributed by atoms with Gasteiger partial charge in [0.15, 0.2) is 0 Å². The van der Waals surface area contributed by atoms with Crippen LogP contribution in [0.4, 0.5) is 0 Å². The molecular weight excluding hydrogens is 432 g/mol. The van der Waals surface area contributed by atoms with E-state index in [1.54, 1.807) is 12.1 Å². The molecule has 4 aromatic rings. The molecule has 0 bridgehead atoms. The minimum Gasteiger partial charge on any atom is -0.354 e. The Morgan fingerprint density at radius 1 is 0.879 bits per heavy atom. The van der Waals surface area contributed by atoms with Gasteiger partial charge in [-0.3, -0.25) is 4.79 Å². The zero-order chi connectivity index (χ0) is 22.8. The third-order valence-corrected chi connectivity index (χ3v) is 8.31. The van der Waals surface area contributed by atoms with Crippen LogP contribution in [0.25, 0.3) is 21.5 Å². The summed E-state index contributed by atoms with van der Waals surface area (Å²) >= 11 is 0. The van der Waals surface area contributed by atoms with E-state index in [0.717, 1.165) is 10.8 Å². The summed E-state index contributed by atoms with van der Waals surface area (Å²) in [6.45, 7) is 0.823. The maximum absolute atomic E-state index is 13.4. The number of amides is 1. The smallest absolute Gasteiger partial charge is 0.243 e. The summed E-state index contributed by atoms with van der Waals surface area (Å²) < 4.78 is 28.1. The second kappa shape index (κ2) is 8.96. The van der Waals surface area contributed by atoms with Crippen molar-refractivity contribution in [2.75, 3.05) is 13.1 Å². The largest absolute Gasteiger partial charge is 0.354 e. The van der Waals surface area contributed by atoms with E-state index in [-0.39, 0.29) is 10.8 Å². The molecule has 1 atom stereocenters. The van der Waals surface area contributed by atoms with Crippen LogP contribution in [0, 0.1) is 0 Å². The molecule has 0 spiro atoms. The molecule has 0 aliphatic carbocycles. The van der Waals surface area contributed by atoms with Crippen LogP contribution in [-0.4, -0.2) is 37.8 Å². The van der Waals surface area contributed by atoms with Gasteiger partial charge in [0.05, 0.1) is 4.90 Å². The molecule has 1 N–H and O–H groups in total. The standard InChI is InChI=1S/C27H26N2O3S/c30-27(28-17-16-22-11-5-10-21-8-3-4-12-25(21)22)26-13-6-18-29(26)33(31,32)24-15-14-20-7-1-2-9-23(20)19-24/h1-5,7-12,14-15,19,26H,6,13,16-18H2,(H,28,30). The maximum atomic E-state index is 13.4. The van der Waals surface area contributed by atoms with Crippen molar-refractivity contribution < 1.29 is 13.2 Å². The Kier molecular flexibility index (Phi) is 5.87. The highest BCUT2D eigenvalue weighted by molar-refractivity contribution is 7.89. The van der Waals surface area contributed by atoms with Gasteiger partial charge in [0.1, 0.15) is 6.04 Å². The lowest BCUT2D eigenvalue weighted by atomic mass is 10.0. The van der Waals surface area contributed by atoms with Crippen LogP contribution in [0.5, 0.6) is 0 Å². The monoisotopic (exact) mass is 458 g/mol. The Morgan fingerprint density at radius 3 is 2.45 bits per heavy atom. The van der Waals surface area contributed by atoms with E-state index < -0.39 is 16.1 Å². The molecule has 5 rings (SSSR count). The number of hydrogen-bond donors (Lipinski definition) is 1. The normalized spacial score (nSPS) is 16.9. The number of rotatable bonds is 6. The summed E-state index contributed by atoms with van der Waals surface area (Å²) in [6.07, 6.45) is 1.90. The van der Waals surface area contributed by atoms with Crippen molar-refractivity contribution in [3.05, 3.63) is 90.5 Å². The predicted octanol–water partition coefficient (Wildman–Crippen LogP) is 4.51. The van der Waals surface area contributed by atoms with Crippen LogP contribution in [-0.2, 0) is 21.2 Å². The third-order valence-electron chi connectivity index (χ3n) is 6.41. The van der Waals surface area contributed by atoms with Gasteiger partial charge in [-0.25, -0.2) is 8.42 Å². The first-order valence-corrected chi connectivity index (χ1v) is 12.7. The summed E-state index contributed by atoms with van der Waals surface area (Å²) in [5.74, 6) is -0.225. The van der Waals surface area contributed by atoms with Crippen molar-refractivity contribution in [2.24, 2.45) is 0 Å². The van der Waals surface area contributed by atoms with E-state index in [4.69, 9.17) is 0 Å². The van der Waals surface area contributed by atoms with Crippen molar-refractivity contribution in [1.29, 1.82) is 0 Å². The van der Waals surface area contributed by atoms with Gasteiger partial charge in [-0.2, -0.15) is 4.31 Å². The fourth-order valence-corrected chi connectivity index (χ4v) is 6.39. The van der Waals surface area contributed by atoms with Crippen LogP contribution >= 0.6 is 0 Å². The van der Waals surface area contributed by atoms with Gasteiger partial charge >= 0.3 is 0 Å². The highest BCUT2D eigenvalue weighted by atomic mass is 32.2. The van der Waals surface area contributed by atoms with Gasteiger partial charge in [0, 0.05) is 13.1 Å². The van der Waals surface area contributed by atoms with Gasteiger partial charge in [-0.1, -0.05) is 72.8 Å². The lowest BCUT2D eigenvalue weighted by molar-refractivity contribution is -0.124. The number of carbonyl (C=O) groups is 1. The quantitative estimate of drug-likeness (QED) is 0.462. The van der Waals surface area contributed by atoms with Crippen molar-refractivity contribution in [1.82, 2.24) is 9.62 Å². The molecule has 0 saturated carbocycles.